The Labute approximate surface area is 192 Å². The Hall–Kier alpha value is -0.230. The van der Waals surface area contributed by atoms with Gasteiger partial charge in [-0.3, -0.25) is 0 Å². The smallest absolute Gasteiger partial charge is 0.410 e. The zero-order chi connectivity index (χ0) is 20.0. The zero-order valence-electron chi connectivity index (χ0n) is 15.1. The van der Waals surface area contributed by atoms with E-state index in [4.69, 9.17) is 9.47 Å². The molecule has 3 heterocycles. The number of nitrogens with zero attached hydrogens (tertiary/aromatic N) is 3. The molecule has 6 nitrogen and oxygen atoms in total. The number of piperidine rings is 1. The summed E-state index contributed by atoms with van der Waals surface area (Å²) in [6, 6.07) is 0. The summed E-state index contributed by atoms with van der Waals surface area (Å²) >= 11 is 12.9. The van der Waals surface area contributed by atoms with Crippen LogP contribution in [0, 0.1) is 0 Å². The molecule has 1 aliphatic heterocycles. The fraction of sp³-hybridized carbons (Fsp3) is 0.562. The average Bonchev–Trinajstić information content (AvgIpc) is 3.14. The zero-order valence-corrected chi connectivity index (χ0v) is 21.5. The molecule has 0 atom stereocenters. The molecule has 0 spiro atoms. The van der Waals surface area contributed by atoms with Gasteiger partial charge in [-0.15, -0.1) is 11.3 Å². The number of carbonyl (C=O) groups excluding carboxylic acids is 1. The van der Waals surface area contributed by atoms with E-state index in [0.717, 1.165) is 24.3 Å². The van der Waals surface area contributed by atoms with Gasteiger partial charge in [0.05, 0.1) is 20.0 Å². The Morgan fingerprint density at radius 3 is 2.11 bits per heavy atom. The summed E-state index contributed by atoms with van der Waals surface area (Å²) in [5.74, 6) is 0. The van der Waals surface area contributed by atoms with Crippen molar-refractivity contribution in [2.75, 3.05) is 13.1 Å². The van der Waals surface area contributed by atoms with Gasteiger partial charge in [0.1, 0.15) is 11.7 Å². The molecular weight excluding hydrogens is 586 g/mol. The summed E-state index contributed by atoms with van der Waals surface area (Å²) < 4.78 is 14.1. The van der Waals surface area contributed by atoms with Crippen molar-refractivity contribution in [3.05, 3.63) is 23.9 Å². The Morgan fingerprint density at radius 1 is 1.11 bits per heavy atom. The number of likely N-dealkylation sites (tertiary alicyclic amines) is 1. The SMILES string of the molecule is Brc1cnc(Br)s1.CC(C)(C)OC(=O)N1CCC(Oc2ncc(Br)s2)CC1. The second kappa shape index (κ2) is 10.5. The minimum Gasteiger partial charge on any atom is -0.467 e. The first-order chi connectivity index (χ1) is 12.6. The molecule has 0 unspecified atom stereocenters. The van der Waals surface area contributed by atoms with Crippen molar-refractivity contribution in [1.29, 1.82) is 0 Å². The van der Waals surface area contributed by atoms with Crippen LogP contribution in [0.5, 0.6) is 5.19 Å². The number of hydrogen-bond donors (Lipinski definition) is 0. The highest BCUT2D eigenvalue weighted by Crippen LogP contribution is 2.28. The molecule has 150 valence electrons. The molecule has 0 aliphatic carbocycles. The van der Waals surface area contributed by atoms with Gasteiger partial charge in [-0.05, 0) is 68.6 Å². The number of rotatable bonds is 2. The molecule has 1 fully saturated rings. The van der Waals surface area contributed by atoms with Gasteiger partial charge in [-0.1, -0.05) is 11.3 Å². The molecule has 3 rings (SSSR count). The van der Waals surface area contributed by atoms with E-state index in [2.05, 4.69) is 57.8 Å². The van der Waals surface area contributed by atoms with Crippen molar-refractivity contribution in [2.24, 2.45) is 0 Å². The van der Waals surface area contributed by atoms with Gasteiger partial charge in [0.2, 0.25) is 0 Å². The van der Waals surface area contributed by atoms with E-state index in [1.165, 1.54) is 11.3 Å². The Bertz CT molecular complexity index is 724. The van der Waals surface area contributed by atoms with Crippen LogP contribution in [-0.4, -0.2) is 45.8 Å². The van der Waals surface area contributed by atoms with E-state index >= 15 is 0 Å². The minimum atomic E-state index is -0.447. The molecule has 0 bridgehead atoms. The van der Waals surface area contributed by atoms with E-state index in [-0.39, 0.29) is 12.2 Å². The predicted molar refractivity (Wildman–Crippen MR) is 119 cm³/mol. The van der Waals surface area contributed by atoms with E-state index in [1.54, 1.807) is 28.6 Å². The number of thiazole rings is 2. The number of amides is 1. The molecule has 0 saturated carbocycles. The van der Waals surface area contributed by atoms with Crippen LogP contribution in [-0.2, 0) is 4.74 Å². The first kappa shape index (κ1) is 23.1. The first-order valence-corrected chi connectivity index (χ1v) is 12.2. The Morgan fingerprint density at radius 2 is 1.70 bits per heavy atom. The maximum atomic E-state index is 11.9. The van der Waals surface area contributed by atoms with Crippen molar-refractivity contribution >= 4 is 76.6 Å². The average molecular weight is 606 g/mol. The van der Waals surface area contributed by atoms with Crippen molar-refractivity contribution in [1.82, 2.24) is 14.9 Å². The third-order valence-corrected chi connectivity index (χ3v) is 6.59. The standard InChI is InChI=1S/C13H19BrN2O3S.C3HBr2NS/c1-13(2,3)19-12(17)16-6-4-9(5-7-16)18-11-15-8-10(14)20-11;4-2-1-6-3(5)7-2/h8-9H,4-7H2,1-3H3;1H. The summed E-state index contributed by atoms with van der Waals surface area (Å²) in [4.78, 5) is 21.7. The van der Waals surface area contributed by atoms with Crippen molar-refractivity contribution in [3.8, 4) is 5.19 Å². The van der Waals surface area contributed by atoms with E-state index in [1.807, 2.05) is 20.8 Å². The minimum absolute atomic E-state index is 0.117. The lowest BCUT2D eigenvalue weighted by atomic mass is 10.1. The highest BCUT2D eigenvalue weighted by molar-refractivity contribution is 9.12. The van der Waals surface area contributed by atoms with Crippen LogP contribution in [0.25, 0.3) is 0 Å². The lowest BCUT2D eigenvalue weighted by molar-refractivity contribution is 0.0126. The van der Waals surface area contributed by atoms with Gasteiger partial charge in [-0.25, -0.2) is 14.8 Å². The molecular formula is C16H20Br3N3O3S2. The number of hydrogen-bond acceptors (Lipinski definition) is 7. The highest BCUT2D eigenvalue weighted by Gasteiger charge is 2.27. The topological polar surface area (TPSA) is 64.5 Å². The van der Waals surface area contributed by atoms with E-state index < -0.39 is 5.60 Å². The molecule has 1 saturated heterocycles. The van der Waals surface area contributed by atoms with Crippen LogP contribution in [0.3, 0.4) is 0 Å². The summed E-state index contributed by atoms with van der Waals surface area (Å²) in [5, 5.41) is 0.674. The summed E-state index contributed by atoms with van der Waals surface area (Å²) in [7, 11) is 0. The van der Waals surface area contributed by atoms with Crippen LogP contribution < -0.4 is 4.74 Å². The third kappa shape index (κ3) is 8.76. The van der Waals surface area contributed by atoms with E-state index in [9.17, 15) is 4.79 Å². The maximum Gasteiger partial charge on any atom is 0.410 e. The van der Waals surface area contributed by atoms with Gasteiger partial charge in [-0.2, -0.15) is 0 Å². The molecule has 1 aliphatic rings. The third-order valence-electron chi connectivity index (χ3n) is 3.27. The number of ether oxygens (including phenoxy) is 2. The van der Waals surface area contributed by atoms with Gasteiger partial charge in [0.15, 0.2) is 3.92 Å². The van der Waals surface area contributed by atoms with Crippen LogP contribution in [0.15, 0.2) is 23.9 Å². The quantitative estimate of drug-likeness (QED) is 0.399. The molecule has 0 radical (unpaired) electrons. The van der Waals surface area contributed by atoms with E-state index in [0.29, 0.717) is 18.3 Å². The summed E-state index contributed by atoms with van der Waals surface area (Å²) in [6.07, 6.45) is 4.97. The number of halogens is 3. The van der Waals surface area contributed by atoms with Gasteiger partial charge in [0.25, 0.3) is 5.19 Å². The lowest BCUT2D eigenvalue weighted by Gasteiger charge is -2.33. The van der Waals surface area contributed by atoms with Crippen LogP contribution in [0.2, 0.25) is 0 Å². The highest BCUT2D eigenvalue weighted by atomic mass is 79.9. The number of carbonyl (C=O) groups is 1. The largest absolute Gasteiger partial charge is 0.467 e. The van der Waals surface area contributed by atoms with Crippen LogP contribution in [0.1, 0.15) is 33.6 Å². The lowest BCUT2D eigenvalue weighted by Crippen LogP contribution is -2.44. The maximum absolute atomic E-state index is 11.9. The summed E-state index contributed by atoms with van der Waals surface area (Å²) in [5.41, 5.74) is -0.447. The monoisotopic (exact) mass is 603 g/mol. The Balaban J connectivity index is 0.000000313. The Kier molecular flexibility index (Phi) is 8.98. The molecule has 11 heteroatoms. The van der Waals surface area contributed by atoms with Gasteiger partial charge >= 0.3 is 6.09 Å². The molecule has 27 heavy (non-hydrogen) atoms. The molecule has 0 N–H and O–H groups in total. The predicted octanol–water partition coefficient (Wildman–Crippen LogP) is 6.35. The summed E-state index contributed by atoms with van der Waals surface area (Å²) in [6.45, 7) is 6.95. The fourth-order valence-corrected chi connectivity index (χ4v) is 5.44. The molecule has 2 aromatic rings. The molecule has 0 aromatic carbocycles. The molecule has 1 amide bonds. The fourth-order valence-electron chi connectivity index (χ4n) is 2.15. The normalized spacial score (nSPS) is 15.1. The second-order valence-corrected chi connectivity index (χ2v) is 12.7. The first-order valence-electron chi connectivity index (χ1n) is 8.15. The number of aromatic nitrogens is 2. The second-order valence-electron chi connectivity index (χ2n) is 6.63. The van der Waals surface area contributed by atoms with Crippen LogP contribution in [0.4, 0.5) is 4.79 Å². The van der Waals surface area contributed by atoms with Gasteiger partial charge in [0, 0.05) is 25.9 Å². The van der Waals surface area contributed by atoms with Gasteiger partial charge < -0.3 is 14.4 Å². The van der Waals surface area contributed by atoms with Crippen molar-refractivity contribution in [3.63, 3.8) is 0 Å². The van der Waals surface area contributed by atoms with Crippen molar-refractivity contribution < 1.29 is 14.3 Å². The molecule has 2 aromatic heterocycles. The van der Waals surface area contributed by atoms with Crippen LogP contribution >= 0.6 is 70.5 Å². The van der Waals surface area contributed by atoms with Crippen molar-refractivity contribution in [2.45, 2.75) is 45.3 Å².